The highest BCUT2D eigenvalue weighted by atomic mass is 16.5. The van der Waals surface area contributed by atoms with Gasteiger partial charge in [0.25, 0.3) is 5.91 Å². The summed E-state index contributed by atoms with van der Waals surface area (Å²) in [7, 11) is 0. The Morgan fingerprint density at radius 2 is 1.68 bits per heavy atom. The normalized spacial score (nSPS) is 10.1. The number of benzene rings is 1. The van der Waals surface area contributed by atoms with E-state index in [2.05, 4.69) is 10.3 Å². The van der Waals surface area contributed by atoms with Crippen molar-refractivity contribution in [2.45, 2.75) is 13.8 Å². The largest absolute Gasteiger partial charge is 0.462 e. The molecular formula is C16H16N2O4. The zero-order chi connectivity index (χ0) is 16.1. The zero-order valence-electron chi connectivity index (χ0n) is 12.3. The minimum absolute atomic E-state index is 0.141. The van der Waals surface area contributed by atoms with Crippen LogP contribution >= 0.6 is 0 Å². The number of aromatic amines is 1. The highest BCUT2D eigenvalue weighted by Crippen LogP contribution is 2.12. The van der Waals surface area contributed by atoms with Crippen LogP contribution < -0.4 is 5.32 Å². The standard InChI is InChI=1S/C16H16N2O4/c1-3-22-16(21)11-4-6-12(7-5-11)17-15(20)14-9-8-13(18-14)10(2)19/h4-9,18H,3H2,1-2H3,(H,17,20). The van der Waals surface area contributed by atoms with E-state index < -0.39 is 5.97 Å². The van der Waals surface area contributed by atoms with E-state index in [1.165, 1.54) is 6.92 Å². The molecule has 1 amide bonds. The monoisotopic (exact) mass is 300 g/mol. The average Bonchev–Trinajstić information content (AvgIpc) is 2.98. The van der Waals surface area contributed by atoms with Crippen molar-refractivity contribution in [1.82, 2.24) is 4.98 Å². The van der Waals surface area contributed by atoms with Crippen LogP contribution in [0.15, 0.2) is 36.4 Å². The Balaban J connectivity index is 2.05. The summed E-state index contributed by atoms with van der Waals surface area (Å²) in [6.45, 7) is 3.46. The molecule has 0 aliphatic heterocycles. The summed E-state index contributed by atoms with van der Waals surface area (Å²) in [4.78, 5) is 37.5. The molecule has 6 nitrogen and oxygen atoms in total. The molecular weight excluding hydrogens is 284 g/mol. The van der Waals surface area contributed by atoms with E-state index in [0.717, 1.165) is 0 Å². The van der Waals surface area contributed by atoms with E-state index in [9.17, 15) is 14.4 Å². The molecule has 2 rings (SSSR count). The Bertz CT molecular complexity index is 701. The summed E-state index contributed by atoms with van der Waals surface area (Å²) in [5.41, 5.74) is 1.62. The number of amides is 1. The second-order valence-electron chi connectivity index (χ2n) is 4.59. The van der Waals surface area contributed by atoms with E-state index in [4.69, 9.17) is 4.74 Å². The Hall–Kier alpha value is -2.89. The third kappa shape index (κ3) is 3.60. The van der Waals surface area contributed by atoms with E-state index in [1.807, 2.05) is 0 Å². The van der Waals surface area contributed by atoms with Gasteiger partial charge in [0.15, 0.2) is 5.78 Å². The molecule has 114 valence electrons. The van der Waals surface area contributed by atoms with Crippen molar-refractivity contribution in [2.24, 2.45) is 0 Å². The maximum absolute atomic E-state index is 12.0. The third-order valence-corrected chi connectivity index (χ3v) is 2.96. The fourth-order valence-corrected chi connectivity index (χ4v) is 1.84. The molecule has 2 aromatic rings. The molecule has 0 aliphatic carbocycles. The smallest absolute Gasteiger partial charge is 0.338 e. The minimum atomic E-state index is -0.407. The van der Waals surface area contributed by atoms with Crippen molar-refractivity contribution in [3.63, 3.8) is 0 Å². The van der Waals surface area contributed by atoms with Gasteiger partial charge < -0.3 is 15.0 Å². The number of aromatic nitrogens is 1. The van der Waals surface area contributed by atoms with Crippen LogP contribution in [-0.4, -0.2) is 29.3 Å². The fourth-order valence-electron chi connectivity index (χ4n) is 1.84. The molecule has 0 unspecified atom stereocenters. The Labute approximate surface area is 127 Å². The topological polar surface area (TPSA) is 88.3 Å². The summed E-state index contributed by atoms with van der Waals surface area (Å²) < 4.78 is 4.88. The maximum Gasteiger partial charge on any atom is 0.338 e. The molecule has 0 radical (unpaired) electrons. The van der Waals surface area contributed by atoms with E-state index in [-0.39, 0.29) is 11.7 Å². The number of ketones is 1. The van der Waals surface area contributed by atoms with Gasteiger partial charge in [-0.1, -0.05) is 0 Å². The van der Waals surface area contributed by atoms with Crippen LogP contribution in [0.1, 0.15) is 45.2 Å². The van der Waals surface area contributed by atoms with Crippen molar-refractivity contribution in [3.8, 4) is 0 Å². The lowest BCUT2D eigenvalue weighted by Gasteiger charge is -2.05. The molecule has 0 saturated carbocycles. The molecule has 0 atom stereocenters. The first kappa shape index (κ1) is 15.5. The molecule has 0 bridgehead atoms. The molecule has 1 aromatic carbocycles. The van der Waals surface area contributed by atoms with Gasteiger partial charge in [-0.3, -0.25) is 9.59 Å². The summed E-state index contributed by atoms with van der Waals surface area (Å²) >= 11 is 0. The van der Waals surface area contributed by atoms with Gasteiger partial charge in [0.2, 0.25) is 0 Å². The second kappa shape index (κ2) is 6.71. The average molecular weight is 300 g/mol. The van der Waals surface area contributed by atoms with Gasteiger partial charge in [-0.05, 0) is 43.3 Å². The zero-order valence-corrected chi connectivity index (χ0v) is 12.3. The lowest BCUT2D eigenvalue weighted by molar-refractivity contribution is 0.0526. The number of hydrogen-bond donors (Lipinski definition) is 2. The molecule has 0 fully saturated rings. The quantitative estimate of drug-likeness (QED) is 0.656. The van der Waals surface area contributed by atoms with E-state index in [1.54, 1.807) is 43.3 Å². The molecule has 1 heterocycles. The first-order valence-corrected chi connectivity index (χ1v) is 6.79. The number of esters is 1. The summed E-state index contributed by atoms with van der Waals surface area (Å²) in [5, 5.41) is 2.68. The predicted octanol–water partition coefficient (Wildman–Crippen LogP) is 2.65. The Kier molecular flexibility index (Phi) is 4.73. The lowest BCUT2D eigenvalue weighted by atomic mass is 10.2. The highest BCUT2D eigenvalue weighted by Gasteiger charge is 2.11. The SMILES string of the molecule is CCOC(=O)c1ccc(NC(=O)c2ccc(C(C)=O)[nH]2)cc1. The van der Waals surface area contributed by atoms with Crippen LogP contribution in [0.4, 0.5) is 5.69 Å². The lowest BCUT2D eigenvalue weighted by Crippen LogP contribution is -2.13. The van der Waals surface area contributed by atoms with Crippen molar-refractivity contribution in [1.29, 1.82) is 0 Å². The molecule has 22 heavy (non-hydrogen) atoms. The fraction of sp³-hybridized carbons (Fsp3) is 0.188. The van der Waals surface area contributed by atoms with Gasteiger partial charge in [-0.25, -0.2) is 4.79 Å². The maximum atomic E-state index is 12.0. The molecule has 6 heteroatoms. The minimum Gasteiger partial charge on any atom is -0.462 e. The van der Waals surface area contributed by atoms with E-state index in [0.29, 0.717) is 29.2 Å². The van der Waals surface area contributed by atoms with Gasteiger partial charge in [0, 0.05) is 12.6 Å². The Morgan fingerprint density at radius 3 is 2.23 bits per heavy atom. The predicted molar refractivity (Wildman–Crippen MR) is 81.1 cm³/mol. The van der Waals surface area contributed by atoms with Crippen LogP contribution in [0.3, 0.4) is 0 Å². The van der Waals surface area contributed by atoms with Crippen molar-refractivity contribution < 1.29 is 19.1 Å². The number of carbonyl (C=O) groups excluding carboxylic acids is 3. The van der Waals surface area contributed by atoms with Crippen molar-refractivity contribution >= 4 is 23.3 Å². The number of hydrogen-bond acceptors (Lipinski definition) is 4. The van der Waals surface area contributed by atoms with Gasteiger partial charge in [-0.15, -0.1) is 0 Å². The van der Waals surface area contributed by atoms with Gasteiger partial charge in [0.05, 0.1) is 17.9 Å². The van der Waals surface area contributed by atoms with Gasteiger partial charge in [0.1, 0.15) is 5.69 Å². The summed E-state index contributed by atoms with van der Waals surface area (Å²) in [6, 6.07) is 9.46. The van der Waals surface area contributed by atoms with Crippen LogP contribution in [0.2, 0.25) is 0 Å². The van der Waals surface area contributed by atoms with Crippen LogP contribution in [0, 0.1) is 0 Å². The van der Waals surface area contributed by atoms with Gasteiger partial charge in [-0.2, -0.15) is 0 Å². The third-order valence-electron chi connectivity index (χ3n) is 2.96. The Morgan fingerprint density at radius 1 is 1.05 bits per heavy atom. The molecule has 1 aromatic heterocycles. The second-order valence-corrected chi connectivity index (χ2v) is 4.59. The number of ether oxygens (including phenoxy) is 1. The molecule has 0 aliphatic rings. The van der Waals surface area contributed by atoms with E-state index >= 15 is 0 Å². The first-order chi connectivity index (χ1) is 10.5. The number of anilines is 1. The van der Waals surface area contributed by atoms with Crippen molar-refractivity contribution in [3.05, 3.63) is 53.3 Å². The number of Topliss-reactive ketones (excluding diaryl/α,β-unsaturated/α-hetero) is 1. The number of nitrogens with one attached hydrogen (secondary N) is 2. The first-order valence-electron chi connectivity index (χ1n) is 6.79. The molecule has 0 spiro atoms. The van der Waals surface area contributed by atoms with Crippen LogP contribution in [-0.2, 0) is 4.74 Å². The number of rotatable bonds is 5. The van der Waals surface area contributed by atoms with Gasteiger partial charge >= 0.3 is 5.97 Å². The number of H-pyrrole nitrogens is 1. The van der Waals surface area contributed by atoms with Crippen LogP contribution in [0.5, 0.6) is 0 Å². The molecule has 2 N–H and O–H groups in total. The number of carbonyl (C=O) groups is 3. The van der Waals surface area contributed by atoms with Crippen molar-refractivity contribution in [2.75, 3.05) is 11.9 Å². The van der Waals surface area contributed by atoms with Crippen LogP contribution in [0.25, 0.3) is 0 Å². The molecule has 0 saturated heterocycles. The highest BCUT2D eigenvalue weighted by molar-refractivity contribution is 6.04. The summed E-state index contributed by atoms with van der Waals surface area (Å²) in [5.74, 6) is -0.912. The summed E-state index contributed by atoms with van der Waals surface area (Å²) in [6.07, 6.45) is 0.